The number of halogens is 1. The maximum Gasteiger partial charge on any atom is 0.251 e. The lowest BCUT2D eigenvalue weighted by molar-refractivity contribution is -0.129. The van der Waals surface area contributed by atoms with E-state index in [1.807, 2.05) is 6.07 Å². The van der Waals surface area contributed by atoms with Crippen LogP contribution in [0.3, 0.4) is 0 Å². The molecular weight excluding hydrogens is 398 g/mol. The zero-order valence-corrected chi connectivity index (χ0v) is 16.2. The number of hydrogen-bond donors (Lipinski definition) is 2. The zero-order chi connectivity index (χ0) is 19.1. The van der Waals surface area contributed by atoms with Gasteiger partial charge in [0.2, 0.25) is 5.91 Å². The van der Waals surface area contributed by atoms with E-state index in [0.717, 1.165) is 10.0 Å². The molecule has 0 unspecified atom stereocenters. The molecule has 0 spiro atoms. The third-order valence-corrected chi connectivity index (χ3v) is 4.27. The van der Waals surface area contributed by atoms with Crippen LogP contribution >= 0.6 is 15.9 Å². The molecule has 7 heteroatoms. The van der Waals surface area contributed by atoms with E-state index >= 15 is 0 Å². The van der Waals surface area contributed by atoms with E-state index in [1.165, 1.54) is 4.90 Å². The minimum absolute atomic E-state index is 0.0851. The van der Waals surface area contributed by atoms with Crippen LogP contribution in [0.15, 0.2) is 53.0 Å². The van der Waals surface area contributed by atoms with Crippen molar-refractivity contribution in [2.45, 2.75) is 6.54 Å². The summed E-state index contributed by atoms with van der Waals surface area (Å²) < 4.78 is 0.800. The van der Waals surface area contributed by atoms with Crippen molar-refractivity contribution < 1.29 is 14.4 Å². The Kier molecular flexibility index (Phi) is 6.91. The molecule has 6 nitrogen and oxygen atoms in total. The Bertz CT molecular complexity index is 806. The number of carbonyl (C=O) groups excluding carboxylic acids is 3. The molecule has 0 saturated carbocycles. The molecule has 2 aromatic carbocycles. The van der Waals surface area contributed by atoms with E-state index < -0.39 is 0 Å². The summed E-state index contributed by atoms with van der Waals surface area (Å²) in [6, 6.07) is 14.0. The van der Waals surface area contributed by atoms with Gasteiger partial charge in [-0.25, -0.2) is 0 Å². The molecule has 0 aliphatic carbocycles. The van der Waals surface area contributed by atoms with Crippen LogP contribution in [0, 0.1) is 0 Å². The lowest BCUT2D eigenvalue weighted by Crippen LogP contribution is -2.37. The number of likely N-dealkylation sites (N-methyl/N-ethyl adjacent to an activating group) is 1. The highest BCUT2D eigenvalue weighted by Gasteiger charge is 2.12. The van der Waals surface area contributed by atoms with Crippen molar-refractivity contribution in [3.8, 4) is 0 Å². The highest BCUT2D eigenvalue weighted by atomic mass is 79.9. The molecule has 0 saturated heterocycles. The molecule has 0 bridgehead atoms. The Morgan fingerprint density at radius 1 is 1.00 bits per heavy atom. The van der Waals surface area contributed by atoms with Crippen LogP contribution in [0.5, 0.6) is 0 Å². The maximum atomic E-state index is 12.2. The quantitative estimate of drug-likeness (QED) is 0.755. The average molecular weight is 418 g/mol. The van der Waals surface area contributed by atoms with Gasteiger partial charge in [-0.15, -0.1) is 0 Å². The molecule has 2 N–H and O–H groups in total. The van der Waals surface area contributed by atoms with Crippen LogP contribution in [0.2, 0.25) is 0 Å². The van der Waals surface area contributed by atoms with E-state index in [0.29, 0.717) is 17.7 Å². The number of nitrogens with one attached hydrogen (secondary N) is 2. The number of carbonyl (C=O) groups is 3. The van der Waals surface area contributed by atoms with Crippen molar-refractivity contribution >= 4 is 33.7 Å². The summed E-state index contributed by atoms with van der Waals surface area (Å²) in [7, 11) is 3.24. The maximum absolute atomic E-state index is 12.2. The fourth-order valence-corrected chi connectivity index (χ4v) is 2.69. The lowest BCUT2D eigenvalue weighted by Gasteiger charge is -2.18. The first-order valence-corrected chi connectivity index (χ1v) is 8.78. The summed E-state index contributed by atoms with van der Waals surface area (Å²) in [5.74, 6) is -0.664. The van der Waals surface area contributed by atoms with Gasteiger partial charge in [0, 0.05) is 36.2 Å². The molecule has 0 fully saturated rings. The van der Waals surface area contributed by atoms with Crippen LogP contribution in [0.4, 0.5) is 0 Å². The predicted molar refractivity (Wildman–Crippen MR) is 103 cm³/mol. The molecule has 0 aliphatic rings. The highest BCUT2D eigenvalue weighted by molar-refractivity contribution is 9.10. The molecular formula is C19H20BrN3O3. The van der Waals surface area contributed by atoms with Gasteiger partial charge in [0.05, 0.1) is 6.54 Å². The van der Waals surface area contributed by atoms with Crippen LogP contribution < -0.4 is 10.6 Å². The van der Waals surface area contributed by atoms with E-state index in [1.54, 1.807) is 56.6 Å². The largest absolute Gasteiger partial charge is 0.355 e. The van der Waals surface area contributed by atoms with Crippen molar-refractivity contribution in [3.05, 3.63) is 69.7 Å². The normalized spacial score (nSPS) is 10.1. The van der Waals surface area contributed by atoms with Gasteiger partial charge in [-0.2, -0.15) is 0 Å². The molecule has 0 radical (unpaired) electrons. The second kappa shape index (κ2) is 9.15. The van der Waals surface area contributed by atoms with E-state index in [2.05, 4.69) is 26.6 Å². The minimum atomic E-state index is -0.303. The van der Waals surface area contributed by atoms with Crippen molar-refractivity contribution in [3.63, 3.8) is 0 Å². The van der Waals surface area contributed by atoms with Crippen LogP contribution in [-0.2, 0) is 11.3 Å². The monoisotopic (exact) mass is 417 g/mol. The zero-order valence-electron chi connectivity index (χ0n) is 14.6. The summed E-state index contributed by atoms with van der Waals surface area (Å²) in [5, 5.41) is 5.18. The molecule has 0 atom stereocenters. The van der Waals surface area contributed by atoms with Gasteiger partial charge < -0.3 is 15.5 Å². The van der Waals surface area contributed by atoms with Gasteiger partial charge in [-0.05, 0) is 35.9 Å². The summed E-state index contributed by atoms with van der Waals surface area (Å²) in [6.07, 6.45) is 0. The first-order chi connectivity index (χ1) is 12.4. The summed E-state index contributed by atoms with van der Waals surface area (Å²) in [4.78, 5) is 37.3. The fourth-order valence-electron chi connectivity index (χ4n) is 2.29. The summed E-state index contributed by atoms with van der Waals surface area (Å²) in [5.41, 5.74) is 1.94. The highest BCUT2D eigenvalue weighted by Crippen LogP contribution is 2.11. The molecule has 2 rings (SSSR count). The second-order valence-corrected chi connectivity index (χ2v) is 6.63. The smallest absolute Gasteiger partial charge is 0.251 e. The third-order valence-electron chi connectivity index (χ3n) is 3.78. The summed E-state index contributed by atoms with van der Waals surface area (Å²) >= 11 is 3.31. The second-order valence-electron chi connectivity index (χ2n) is 5.72. The molecule has 3 amide bonds. The Hall–Kier alpha value is -2.67. The van der Waals surface area contributed by atoms with Gasteiger partial charge in [-0.3, -0.25) is 14.4 Å². The Morgan fingerprint density at radius 3 is 2.31 bits per heavy atom. The topological polar surface area (TPSA) is 78.5 Å². The van der Waals surface area contributed by atoms with Crippen molar-refractivity contribution in [1.29, 1.82) is 0 Å². The average Bonchev–Trinajstić information content (AvgIpc) is 2.65. The van der Waals surface area contributed by atoms with Crippen molar-refractivity contribution in [2.75, 3.05) is 20.6 Å². The Morgan fingerprint density at radius 2 is 1.69 bits per heavy atom. The van der Waals surface area contributed by atoms with Crippen molar-refractivity contribution in [1.82, 2.24) is 15.5 Å². The van der Waals surface area contributed by atoms with Gasteiger partial charge in [0.25, 0.3) is 11.8 Å². The van der Waals surface area contributed by atoms with Crippen LogP contribution in [-0.4, -0.2) is 43.3 Å². The molecule has 0 aromatic heterocycles. The molecule has 0 heterocycles. The molecule has 136 valence electrons. The molecule has 2 aromatic rings. The predicted octanol–water partition coefficient (Wildman–Crippen LogP) is 2.20. The van der Waals surface area contributed by atoms with E-state index in [9.17, 15) is 14.4 Å². The Labute approximate surface area is 160 Å². The Balaban J connectivity index is 1.87. The fraction of sp³-hybridized carbons (Fsp3) is 0.211. The van der Waals surface area contributed by atoms with Gasteiger partial charge in [0.1, 0.15) is 0 Å². The lowest BCUT2D eigenvalue weighted by atomic mass is 10.1. The number of benzene rings is 2. The number of rotatable bonds is 6. The number of hydrogen-bond acceptors (Lipinski definition) is 3. The summed E-state index contributed by atoms with van der Waals surface area (Å²) in [6.45, 7) is 0.303. The first-order valence-electron chi connectivity index (χ1n) is 7.99. The minimum Gasteiger partial charge on any atom is -0.355 e. The molecule has 0 aliphatic heterocycles. The van der Waals surface area contributed by atoms with Crippen LogP contribution in [0.25, 0.3) is 0 Å². The third kappa shape index (κ3) is 5.42. The SMILES string of the molecule is CNC(=O)c1ccc(CN(C)C(=O)CNC(=O)c2cccc(Br)c2)cc1. The number of amides is 3. The molecule has 26 heavy (non-hydrogen) atoms. The van der Waals surface area contributed by atoms with Gasteiger partial charge in [0.15, 0.2) is 0 Å². The van der Waals surface area contributed by atoms with Gasteiger partial charge in [-0.1, -0.05) is 34.1 Å². The van der Waals surface area contributed by atoms with Crippen LogP contribution in [0.1, 0.15) is 26.3 Å². The van der Waals surface area contributed by atoms with Crippen molar-refractivity contribution in [2.24, 2.45) is 0 Å². The standard InChI is InChI=1S/C19H20BrN3O3/c1-21-18(25)14-8-6-13(7-9-14)12-23(2)17(24)11-22-19(26)15-4-3-5-16(20)10-15/h3-10H,11-12H2,1-2H3,(H,21,25)(H,22,26). The first kappa shape index (κ1) is 19.7. The van der Waals surface area contributed by atoms with E-state index in [-0.39, 0.29) is 24.3 Å². The van der Waals surface area contributed by atoms with E-state index in [4.69, 9.17) is 0 Å². The number of nitrogens with zero attached hydrogens (tertiary/aromatic N) is 1. The van der Waals surface area contributed by atoms with Gasteiger partial charge >= 0.3 is 0 Å².